The van der Waals surface area contributed by atoms with Gasteiger partial charge >= 0.3 is 0 Å². The van der Waals surface area contributed by atoms with E-state index < -0.39 is 0 Å². The molecule has 5 heteroatoms. The lowest BCUT2D eigenvalue weighted by molar-refractivity contribution is 0.233. The molecular formula is C20H24N4O. The molecule has 1 atom stereocenters. The molecule has 1 unspecified atom stereocenters. The lowest BCUT2D eigenvalue weighted by Crippen LogP contribution is -2.24. The normalized spacial score (nSPS) is 18.5. The van der Waals surface area contributed by atoms with Crippen LogP contribution in [0.2, 0.25) is 0 Å². The molecule has 1 aliphatic heterocycles. The lowest BCUT2D eigenvalue weighted by Gasteiger charge is -2.22. The van der Waals surface area contributed by atoms with Gasteiger partial charge in [-0.2, -0.15) is 0 Å². The molecular weight excluding hydrogens is 312 g/mol. The van der Waals surface area contributed by atoms with Crippen LogP contribution in [0.1, 0.15) is 61.5 Å². The van der Waals surface area contributed by atoms with Crippen LogP contribution in [-0.2, 0) is 6.54 Å². The number of rotatable bonds is 4. The van der Waals surface area contributed by atoms with Gasteiger partial charge in [0.25, 0.3) is 0 Å². The first-order chi connectivity index (χ1) is 12.1. The van der Waals surface area contributed by atoms with E-state index in [1.807, 2.05) is 31.2 Å². The summed E-state index contributed by atoms with van der Waals surface area (Å²) in [5.41, 5.74) is 5.03. The number of likely N-dealkylation sites (tertiary alicyclic amines) is 1. The molecule has 25 heavy (non-hydrogen) atoms. The molecule has 3 heterocycles. The molecule has 1 aliphatic rings. The van der Waals surface area contributed by atoms with Gasteiger partial charge in [0.05, 0.1) is 28.5 Å². The van der Waals surface area contributed by atoms with Gasteiger partial charge in [-0.25, -0.2) is 9.97 Å². The van der Waals surface area contributed by atoms with Crippen molar-refractivity contribution >= 4 is 11.0 Å². The summed E-state index contributed by atoms with van der Waals surface area (Å²) in [6.07, 6.45) is 2.29. The van der Waals surface area contributed by atoms with E-state index in [1.54, 1.807) is 0 Å². The van der Waals surface area contributed by atoms with Crippen LogP contribution in [0.4, 0.5) is 0 Å². The highest BCUT2D eigenvalue weighted by molar-refractivity contribution is 5.74. The highest BCUT2D eigenvalue weighted by atomic mass is 16.5. The summed E-state index contributed by atoms with van der Waals surface area (Å²) < 4.78 is 5.51. The van der Waals surface area contributed by atoms with Gasteiger partial charge in [0.2, 0.25) is 0 Å². The maximum atomic E-state index is 5.51. The quantitative estimate of drug-likeness (QED) is 0.707. The summed E-state index contributed by atoms with van der Waals surface area (Å²) in [5, 5.41) is 4.33. The molecule has 3 aromatic rings. The summed E-state index contributed by atoms with van der Waals surface area (Å²) in [6, 6.07) is 10.5. The maximum Gasteiger partial charge on any atom is 0.139 e. The molecule has 0 N–H and O–H groups in total. The van der Waals surface area contributed by atoms with Gasteiger partial charge in [-0.1, -0.05) is 31.1 Å². The zero-order chi connectivity index (χ0) is 17.4. The van der Waals surface area contributed by atoms with E-state index in [1.165, 1.54) is 6.42 Å². The molecule has 5 nitrogen and oxygen atoms in total. The van der Waals surface area contributed by atoms with Crippen LogP contribution < -0.4 is 0 Å². The number of aryl methyl sites for hydroxylation is 1. The van der Waals surface area contributed by atoms with Gasteiger partial charge in [0, 0.05) is 18.5 Å². The van der Waals surface area contributed by atoms with E-state index in [9.17, 15) is 0 Å². The smallest absolute Gasteiger partial charge is 0.139 e. The van der Waals surface area contributed by atoms with Crippen molar-refractivity contribution in [1.82, 2.24) is 20.0 Å². The van der Waals surface area contributed by atoms with Gasteiger partial charge in [-0.05, 0) is 38.4 Å². The first-order valence-electron chi connectivity index (χ1n) is 9.04. The first-order valence-corrected chi connectivity index (χ1v) is 9.04. The van der Waals surface area contributed by atoms with Crippen LogP contribution in [0.15, 0.2) is 34.9 Å². The van der Waals surface area contributed by atoms with E-state index in [2.05, 4.69) is 30.0 Å². The van der Waals surface area contributed by atoms with Crippen LogP contribution in [0, 0.1) is 6.92 Å². The molecule has 0 bridgehead atoms. The SMILES string of the molecule is Cc1nc2ccccc2nc1CN1CCCC1c1cc(C(C)C)on1. The molecule has 0 amide bonds. The molecule has 4 rings (SSSR count). The van der Waals surface area contributed by atoms with Crippen LogP contribution in [0.3, 0.4) is 0 Å². The second-order valence-electron chi connectivity index (χ2n) is 7.18. The third kappa shape index (κ3) is 3.16. The Morgan fingerprint density at radius 3 is 2.68 bits per heavy atom. The molecule has 1 saturated heterocycles. The molecule has 2 aromatic heterocycles. The van der Waals surface area contributed by atoms with Gasteiger partial charge in [-0.3, -0.25) is 4.90 Å². The molecule has 0 radical (unpaired) electrons. The zero-order valence-electron chi connectivity index (χ0n) is 15.1. The summed E-state index contributed by atoms with van der Waals surface area (Å²) in [6.45, 7) is 8.17. The van der Waals surface area contributed by atoms with Crippen molar-refractivity contribution in [2.45, 2.75) is 52.1 Å². The lowest BCUT2D eigenvalue weighted by atomic mass is 10.1. The topological polar surface area (TPSA) is 55.1 Å². The van der Waals surface area contributed by atoms with Crippen molar-refractivity contribution in [1.29, 1.82) is 0 Å². The van der Waals surface area contributed by atoms with Crippen molar-refractivity contribution in [2.24, 2.45) is 0 Å². The van der Waals surface area contributed by atoms with Crippen molar-refractivity contribution < 1.29 is 4.52 Å². The van der Waals surface area contributed by atoms with Gasteiger partial charge < -0.3 is 4.52 Å². The minimum Gasteiger partial charge on any atom is -0.361 e. The average Bonchev–Trinajstić information content (AvgIpc) is 3.24. The van der Waals surface area contributed by atoms with E-state index >= 15 is 0 Å². The monoisotopic (exact) mass is 336 g/mol. The largest absolute Gasteiger partial charge is 0.361 e. The molecule has 1 fully saturated rings. The summed E-state index contributed by atoms with van der Waals surface area (Å²) in [5.74, 6) is 1.33. The van der Waals surface area contributed by atoms with Crippen LogP contribution in [-0.4, -0.2) is 26.6 Å². The van der Waals surface area contributed by atoms with E-state index in [-0.39, 0.29) is 0 Å². The fourth-order valence-corrected chi connectivity index (χ4v) is 3.55. The minimum atomic E-state index is 0.309. The zero-order valence-corrected chi connectivity index (χ0v) is 15.1. The number of aromatic nitrogens is 3. The van der Waals surface area contributed by atoms with Crippen LogP contribution in [0.25, 0.3) is 11.0 Å². The predicted molar refractivity (Wildman–Crippen MR) is 97.3 cm³/mol. The number of para-hydroxylation sites is 2. The molecule has 0 spiro atoms. The van der Waals surface area contributed by atoms with Crippen LogP contribution in [0.5, 0.6) is 0 Å². The van der Waals surface area contributed by atoms with Crippen molar-refractivity contribution in [3.8, 4) is 0 Å². The summed E-state index contributed by atoms with van der Waals surface area (Å²) >= 11 is 0. The Morgan fingerprint density at radius 2 is 1.96 bits per heavy atom. The Labute approximate surface area is 148 Å². The Hall–Kier alpha value is -2.27. The summed E-state index contributed by atoms with van der Waals surface area (Å²) in [7, 11) is 0. The van der Waals surface area contributed by atoms with Crippen molar-refractivity contribution in [2.75, 3.05) is 6.54 Å². The Kier molecular flexibility index (Phi) is 4.25. The fraction of sp³-hybridized carbons (Fsp3) is 0.450. The van der Waals surface area contributed by atoms with E-state index in [0.717, 1.165) is 53.4 Å². The number of benzene rings is 1. The number of hydrogen-bond donors (Lipinski definition) is 0. The third-order valence-electron chi connectivity index (χ3n) is 5.02. The number of fused-ring (bicyclic) bond motifs is 1. The van der Waals surface area contributed by atoms with E-state index in [4.69, 9.17) is 14.5 Å². The minimum absolute atomic E-state index is 0.309. The van der Waals surface area contributed by atoms with Gasteiger partial charge in [-0.15, -0.1) is 0 Å². The second-order valence-corrected chi connectivity index (χ2v) is 7.18. The van der Waals surface area contributed by atoms with E-state index in [0.29, 0.717) is 12.0 Å². The number of hydrogen-bond acceptors (Lipinski definition) is 5. The third-order valence-corrected chi connectivity index (χ3v) is 5.02. The average molecular weight is 336 g/mol. The van der Waals surface area contributed by atoms with Crippen LogP contribution >= 0.6 is 0 Å². The first kappa shape index (κ1) is 16.2. The van der Waals surface area contributed by atoms with Crippen molar-refractivity contribution in [3.05, 3.63) is 53.2 Å². The summed E-state index contributed by atoms with van der Waals surface area (Å²) in [4.78, 5) is 12.0. The Morgan fingerprint density at radius 1 is 1.20 bits per heavy atom. The molecule has 1 aromatic carbocycles. The van der Waals surface area contributed by atoms with Crippen molar-refractivity contribution in [3.63, 3.8) is 0 Å². The Balaban J connectivity index is 1.59. The highest BCUT2D eigenvalue weighted by Gasteiger charge is 2.29. The van der Waals surface area contributed by atoms with Gasteiger partial charge in [0.1, 0.15) is 11.5 Å². The standard InChI is InChI=1S/C20H24N4O/c1-13(2)20-11-17(23-25-20)19-9-6-10-24(19)12-18-14(3)21-15-7-4-5-8-16(15)22-18/h4-5,7-8,11,13,19H,6,9-10,12H2,1-3H3. The molecule has 0 saturated carbocycles. The molecule has 130 valence electrons. The number of nitrogens with zero attached hydrogens (tertiary/aromatic N) is 4. The Bertz CT molecular complexity index is 886. The predicted octanol–water partition coefficient (Wildman–Crippen LogP) is 4.39. The second kappa shape index (κ2) is 6.56. The highest BCUT2D eigenvalue weighted by Crippen LogP contribution is 2.34. The van der Waals surface area contributed by atoms with Gasteiger partial charge in [0.15, 0.2) is 0 Å². The fourth-order valence-electron chi connectivity index (χ4n) is 3.55. The molecule has 0 aliphatic carbocycles. The maximum absolute atomic E-state index is 5.51.